The van der Waals surface area contributed by atoms with Crippen molar-refractivity contribution in [3.63, 3.8) is 0 Å². The van der Waals surface area contributed by atoms with E-state index < -0.39 is 0 Å². The van der Waals surface area contributed by atoms with Crippen molar-refractivity contribution in [2.45, 2.75) is 38.7 Å². The first-order valence-corrected chi connectivity index (χ1v) is 3.45. The van der Waals surface area contributed by atoms with E-state index in [2.05, 4.69) is 13.8 Å². The highest BCUT2D eigenvalue weighted by atomic mass is 16.3. The van der Waals surface area contributed by atoms with Crippen molar-refractivity contribution in [1.82, 2.24) is 0 Å². The third-order valence-electron chi connectivity index (χ3n) is 2.30. The van der Waals surface area contributed by atoms with Crippen LogP contribution in [-0.2, 0) is 0 Å². The summed E-state index contributed by atoms with van der Waals surface area (Å²) in [6.45, 7) is 4.19. The summed E-state index contributed by atoms with van der Waals surface area (Å²) < 4.78 is 0. The predicted molar refractivity (Wildman–Crippen MR) is 33.6 cm³/mol. The van der Waals surface area contributed by atoms with Crippen LogP contribution in [0.2, 0.25) is 0 Å². The molecule has 0 aliphatic heterocycles. The van der Waals surface area contributed by atoms with Gasteiger partial charge in [0.05, 0.1) is 5.60 Å². The minimum absolute atomic E-state index is 0.241. The summed E-state index contributed by atoms with van der Waals surface area (Å²) in [7, 11) is 0. The van der Waals surface area contributed by atoms with Crippen LogP contribution < -0.4 is 0 Å². The summed E-state index contributed by atoms with van der Waals surface area (Å²) in [5, 5.41) is 9.40. The van der Waals surface area contributed by atoms with Gasteiger partial charge in [-0.1, -0.05) is 20.3 Å². The highest BCUT2D eigenvalue weighted by molar-refractivity contribution is 5.01. The zero-order valence-electron chi connectivity index (χ0n) is 5.65. The quantitative estimate of drug-likeness (QED) is 0.577. The summed E-state index contributed by atoms with van der Waals surface area (Å²) in [5.74, 6) is 0.618. The number of hydrogen-bond donors (Lipinski definition) is 1. The van der Waals surface area contributed by atoms with E-state index in [0.29, 0.717) is 5.92 Å². The first kappa shape index (κ1) is 6.09. The molecule has 0 aromatic heterocycles. The molecule has 0 aromatic carbocycles. The average molecular weight is 114 g/mol. The maximum absolute atomic E-state index is 9.40. The van der Waals surface area contributed by atoms with Crippen LogP contribution >= 0.6 is 0 Å². The van der Waals surface area contributed by atoms with Gasteiger partial charge in [0.1, 0.15) is 0 Å². The van der Waals surface area contributed by atoms with Gasteiger partial charge in [-0.2, -0.15) is 0 Å². The molecule has 1 aliphatic carbocycles. The Morgan fingerprint density at radius 2 is 2.25 bits per heavy atom. The Morgan fingerprint density at radius 1 is 1.62 bits per heavy atom. The normalized spacial score (nSPS) is 44.6. The molecule has 0 amide bonds. The molecular formula is C7H14O. The van der Waals surface area contributed by atoms with Crippen molar-refractivity contribution in [1.29, 1.82) is 0 Å². The molecule has 0 radical (unpaired) electrons. The van der Waals surface area contributed by atoms with Gasteiger partial charge in [0, 0.05) is 0 Å². The second-order valence-electron chi connectivity index (χ2n) is 2.77. The summed E-state index contributed by atoms with van der Waals surface area (Å²) >= 11 is 0. The van der Waals surface area contributed by atoms with E-state index in [9.17, 15) is 5.11 Å². The first-order valence-electron chi connectivity index (χ1n) is 3.45. The molecule has 0 aromatic rings. The molecule has 0 heterocycles. The van der Waals surface area contributed by atoms with E-state index in [0.717, 1.165) is 19.3 Å². The Labute approximate surface area is 50.7 Å². The second kappa shape index (κ2) is 1.73. The van der Waals surface area contributed by atoms with Gasteiger partial charge >= 0.3 is 0 Å². The smallest absolute Gasteiger partial charge is 0.0677 e. The molecule has 2 unspecified atom stereocenters. The predicted octanol–water partition coefficient (Wildman–Crippen LogP) is 1.56. The molecule has 1 N–H and O–H groups in total. The molecule has 48 valence electrons. The molecule has 2 atom stereocenters. The van der Waals surface area contributed by atoms with E-state index >= 15 is 0 Å². The highest BCUT2D eigenvalue weighted by Gasteiger charge is 2.49. The Morgan fingerprint density at radius 3 is 2.38 bits per heavy atom. The molecule has 0 saturated heterocycles. The topological polar surface area (TPSA) is 20.2 Å². The van der Waals surface area contributed by atoms with E-state index in [4.69, 9.17) is 0 Å². The maximum Gasteiger partial charge on any atom is 0.0677 e. The van der Waals surface area contributed by atoms with Crippen LogP contribution in [0.25, 0.3) is 0 Å². The van der Waals surface area contributed by atoms with E-state index in [1.807, 2.05) is 0 Å². The van der Waals surface area contributed by atoms with E-state index in [-0.39, 0.29) is 5.60 Å². The zero-order valence-corrected chi connectivity index (χ0v) is 5.65. The first-order chi connectivity index (χ1) is 3.73. The lowest BCUT2D eigenvalue weighted by molar-refractivity contribution is 0.126. The van der Waals surface area contributed by atoms with Crippen LogP contribution in [0.5, 0.6) is 0 Å². The van der Waals surface area contributed by atoms with Crippen LogP contribution in [0.4, 0.5) is 0 Å². The lowest BCUT2D eigenvalue weighted by atomic mass is 10.2. The molecule has 0 bridgehead atoms. The third-order valence-corrected chi connectivity index (χ3v) is 2.30. The van der Waals surface area contributed by atoms with Crippen LogP contribution in [0.1, 0.15) is 33.1 Å². The van der Waals surface area contributed by atoms with Gasteiger partial charge in [0.15, 0.2) is 0 Å². The van der Waals surface area contributed by atoms with Crippen LogP contribution in [0.3, 0.4) is 0 Å². The molecule has 1 fully saturated rings. The van der Waals surface area contributed by atoms with Crippen molar-refractivity contribution >= 4 is 0 Å². The number of rotatable bonds is 2. The van der Waals surface area contributed by atoms with Crippen molar-refractivity contribution in [2.75, 3.05) is 0 Å². The van der Waals surface area contributed by atoms with Crippen LogP contribution in [0.15, 0.2) is 0 Å². The molecule has 1 heteroatoms. The van der Waals surface area contributed by atoms with Crippen molar-refractivity contribution < 1.29 is 5.11 Å². The Bertz CT molecular complexity index is 90.4. The molecule has 8 heavy (non-hydrogen) atoms. The molecule has 1 rings (SSSR count). The highest BCUT2D eigenvalue weighted by Crippen LogP contribution is 2.47. The average Bonchev–Trinajstić information content (AvgIpc) is 2.44. The van der Waals surface area contributed by atoms with Crippen LogP contribution in [0, 0.1) is 5.92 Å². The third kappa shape index (κ3) is 0.752. The van der Waals surface area contributed by atoms with Gasteiger partial charge in [-0.3, -0.25) is 0 Å². The molecular weight excluding hydrogens is 100 g/mol. The molecule has 1 nitrogen and oxygen atoms in total. The maximum atomic E-state index is 9.40. The minimum Gasteiger partial charge on any atom is -0.390 e. The second-order valence-corrected chi connectivity index (χ2v) is 2.77. The van der Waals surface area contributed by atoms with Crippen molar-refractivity contribution in [3.05, 3.63) is 0 Å². The lowest BCUT2D eigenvalue weighted by Crippen LogP contribution is -2.07. The Balaban J connectivity index is 2.31. The summed E-state index contributed by atoms with van der Waals surface area (Å²) in [6.07, 6.45) is 3.12. The fourth-order valence-corrected chi connectivity index (χ4v) is 1.33. The monoisotopic (exact) mass is 114 g/mol. The largest absolute Gasteiger partial charge is 0.390 e. The van der Waals surface area contributed by atoms with E-state index in [1.165, 1.54) is 0 Å². The molecule has 0 spiro atoms. The summed E-state index contributed by atoms with van der Waals surface area (Å²) in [4.78, 5) is 0. The van der Waals surface area contributed by atoms with Gasteiger partial charge in [-0.05, 0) is 18.8 Å². The van der Waals surface area contributed by atoms with Gasteiger partial charge in [0.2, 0.25) is 0 Å². The fourth-order valence-electron chi connectivity index (χ4n) is 1.33. The van der Waals surface area contributed by atoms with Crippen molar-refractivity contribution in [2.24, 2.45) is 5.92 Å². The Kier molecular flexibility index (Phi) is 1.31. The van der Waals surface area contributed by atoms with Gasteiger partial charge < -0.3 is 5.11 Å². The van der Waals surface area contributed by atoms with Gasteiger partial charge in [-0.15, -0.1) is 0 Å². The summed E-state index contributed by atoms with van der Waals surface area (Å²) in [5.41, 5.74) is -0.241. The standard InChI is InChI=1S/C7H14O/c1-3-6-5-7(6,8)4-2/h6,8H,3-5H2,1-2H3. The SMILES string of the molecule is CCC1CC1(O)CC. The summed E-state index contributed by atoms with van der Waals surface area (Å²) in [6, 6.07) is 0. The van der Waals surface area contributed by atoms with Crippen LogP contribution in [-0.4, -0.2) is 10.7 Å². The Hall–Kier alpha value is -0.0400. The molecule has 1 saturated carbocycles. The minimum atomic E-state index is -0.241. The molecule has 1 aliphatic rings. The fraction of sp³-hybridized carbons (Fsp3) is 1.00. The van der Waals surface area contributed by atoms with E-state index in [1.54, 1.807) is 0 Å². The zero-order chi connectivity index (χ0) is 6.20. The van der Waals surface area contributed by atoms with Gasteiger partial charge in [0.25, 0.3) is 0 Å². The number of hydrogen-bond acceptors (Lipinski definition) is 1. The van der Waals surface area contributed by atoms with Gasteiger partial charge in [-0.25, -0.2) is 0 Å². The van der Waals surface area contributed by atoms with Crippen molar-refractivity contribution in [3.8, 4) is 0 Å². The lowest BCUT2D eigenvalue weighted by Gasteiger charge is -2.02. The number of aliphatic hydroxyl groups is 1.